The molecule has 2 rings (SSSR count). The Labute approximate surface area is 255 Å². The van der Waals surface area contributed by atoms with Gasteiger partial charge in [-0.05, 0) is 51.7 Å². The first-order valence-corrected chi connectivity index (χ1v) is 16.9. The first-order valence-electron chi connectivity index (χ1n) is 15.8. The van der Waals surface area contributed by atoms with Crippen LogP contribution in [0.4, 0.5) is 0 Å². The van der Waals surface area contributed by atoms with E-state index in [9.17, 15) is 0 Å². The Morgan fingerprint density at radius 2 is 1.34 bits per heavy atom. The third kappa shape index (κ3) is 10.9. The topological polar surface area (TPSA) is 27.7 Å². The van der Waals surface area contributed by atoms with Crippen LogP contribution in [0.5, 0.6) is 5.75 Å². The van der Waals surface area contributed by atoms with Crippen LogP contribution < -0.4 is 4.52 Å². The van der Waals surface area contributed by atoms with Gasteiger partial charge < -0.3 is 9.05 Å². The SMILES string of the molecule is C=C1CC(C(C)(C)C)=CC(C(C)(C)C)=C1OP(OCCCCCCCC)Oc1ccc(C(C)(C)C)cc1C(C)(C)C. The van der Waals surface area contributed by atoms with E-state index < -0.39 is 8.60 Å². The average molecular weight is 585 g/mol. The Bertz CT molecular complexity index is 1080. The molecule has 1 aliphatic carbocycles. The van der Waals surface area contributed by atoms with Gasteiger partial charge in [-0.2, -0.15) is 0 Å². The van der Waals surface area contributed by atoms with Gasteiger partial charge in [0.15, 0.2) is 0 Å². The van der Waals surface area contributed by atoms with Crippen molar-refractivity contribution in [1.82, 2.24) is 0 Å². The maximum absolute atomic E-state index is 6.77. The van der Waals surface area contributed by atoms with E-state index in [2.05, 4.69) is 121 Å². The molecule has 1 aromatic carbocycles. The summed E-state index contributed by atoms with van der Waals surface area (Å²) in [6, 6.07) is 6.60. The maximum Gasteiger partial charge on any atom is 0.463 e. The molecule has 0 N–H and O–H groups in total. The van der Waals surface area contributed by atoms with Gasteiger partial charge in [-0.1, -0.05) is 152 Å². The van der Waals surface area contributed by atoms with Crippen LogP contribution in [0, 0.1) is 10.8 Å². The Morgan fingerprint density at radius 1 is 0.732 bits per heavy atom. The Hall–Kier alpha value is -1.57. The molecule has 1 aliphatic rings. The minimum Gasteiger partial charge on any atom is -0.417 e. The molecule has 0 heterocycles. The van der Waals surface area contributed by atoms with Gasteiger partial charge in [0.2, 0.25) is 0 Å². The standard InChI is InChI=1S/C37H61O3P/c1-15-16-17-18-19-20-23-38-41(39-32-22-21-28(34(3,4)5)25-30(32)36(9,10)11)40-33-27(2)24-29(35(6,7)8)26-31(33)37(12,13)14/h21-22,25-26H,2,15-20,23-24H2,1,3-14H3. The molecule has 4 heteroatoms. The van der Waals surface area contributed by atoms with E-state index in [0.29, 0.717) is 6.61 Å². The quantitative estimate of drug-likeness (QED) is 0.181. The number of allylic oxidation sites excluding steroid dienone is 4. The zero-order chi connectivity index (χ0) is 31.2. The van der Waals surface area contributed by atoms with Crippen LogP contribution in [0.3, 0.4) is 0 Å². The minimum atomic E-state index is -1.68. The van der Waals surface area contributed by atoms with E-state index in [0.717, 1.165) is 41.9 Å². The van der Waals surface area contributed by atoms with Gasteiger partial charge in [-0.15, -0.1) is 0 Å². The zero-order valence-corrected chi connectivity index (χ0v) is 29.7. The van der Waals surface area contributed by atoms with Crippen LogP contribution in [0.15, 0.2) is 53.3 Å². The number of hydrogen-bond acceptors (Lipinski definition) is 3. The van der Waals surface area contributed by atoms with E-state index in [-0.39, 0.29) is 21.7 Å². The second kappa shape index (κ2) is 14.3. The molecule has 1 unspecified atom stereocenters. The number of hydrogen-bond donors (Lipinski definition) is 0. The largest absolute Gasteiger partial charge is 0.463 e. The van der Waals surface area contributed by atoms with Crippen LogP contribution in [0.2, 0.25) is 0 Å². The highest BCUT2D eigenvalue weighted by atomic mass is 31.2. The molecule has 0 saturated carbocycles. The Morgan fingerprint density at radius 3 is 1.88 bits per heavy atom. The van der Waals surface area contributed by atoms with Crippen LogP contribution in [-0.2, 0) is 19.9 Å². The van der Waals surface area contributed by atoms with Crippen molar-refractivity contribution in [3.8, 4) is 5.75 Å². The van der Waals surface area contributed by atoms with Crippen LogP contribution in [0.1, 0.15) is 146 Å². The fraction of sp³-hybridized carbons (Fsp3) is 0.676. The Kier molecular flexibility index (Phi) is 12.4. The zero-order valence-electron chi connectivity index (χ0n) is 28.8. The van der Waals surface area contributed by atoms with Crippen LogP contribution >= 0.6 is 8.60 Å². The molecule has 0 aromatic heterocycles. The van der Waals surface area contributed by atoms with Gasteiger partial charge in [-0.25, -0.2) is 0 Å². The smallest absolute Gasteiger partial charge is 0.417 e. The molecule has 0 bridgehead atoms. The summed E-state index contributed by atoms with van der Waals surface area (Å²) in [6.45, 7) is 34.4. The molecule has 0 amide bonds. The third-order valence-electron chi connectivity index (χ3n) is 7.75. The second-order valence-corrected chi connectivity index (χ2v) is 17.0. The highest BCUT2D eigenvalue weighted by Crippen LogP contribution is 2.52. The van der Waals surface area contributed by atoms with E-state index in [1.165, 1.54) is 42.4 Å². The predicted molar refractivity (Wildman–Crippen MR) is 180 cm³/mol. The second-order valence-electron chi connectivity index (χ2n) is 15.9. The lowest BCUT2D eigenvalue weighted by molar-refractivity contribution is 0.231. The lowest BCUT2D eigenvalue weighted by Crippen LogP contribution is -2.21. The first kappa shape index (κ1) is 35.6. The van der Waals surface area contributed by atoms with Gasteiger partial charge in [0.05, 0.1) is 6.61 Å². The van der Waals surface area contributed by atoms with Gasteiger partial charge in [-0.3, -0.25) is 4.52 Å². The van der Waals surface area contributed by atoms with E-state index in [1.54, 1.807) is 0 Å². The van der Waals surface area contributed by atoms with Gasteiger partial charge in [0.1, 0.15) is 11.5 Å². The molecule has 232 valence electrons. The fourth-order valence-corrected chi connectivity index (χ4v) is 5.97. The summed E-state index contributed by atoms with van der Waals surface area (Å²) < 4.78 is 19.9. The highest BCUT2D eigenvalue weighted by molar-refractivity contribution is 7.42. The average Bonchev–Trinajstić information content (AvgIpc) is 2.81. The van der Waals surface area contributed by atoms with Gasteiger partial charge >= 0.3 is 8.60 Å². The molecular weight excluding hydrogens is 523 g/mol. The molecule has 3 nitrogen and oxygen atoms in total. The fourth-order valence-electron chi connectivity index (χ4n) is 4.85. The van der Waals surface area contributed by atoms with Gasteiger partial charge in [0, 0.05) is 11.1 Å². The van der Waals surface area contributed by atoms with Gasteiger partial charge in [0.25, 0.3) is 0 Å². The summed E-state index contributed by atoms with van der Waals surface area (Å²) >= 11 is 0. The van der Waals surface area contributed by atoms with Crippen molar-refractivity contribution in [3.05, 3.63) is 64.5 Å². The number of unbranched alkanes of at least 4 members (excludes halogenated alkanes) is 5. The monoisotopic (exact) mass is 584 g/mol. The predicted octanol–water partition coefficient (Wildman–Crippen LogP) is 12.5. The molecule has 1 aromatic rings. The molecule has 0 spiro atoms. The molecule has 0 saturated heterocycles. The third-order valence-corrected chi connectivity index (χ3v) is 8.82. The first-order chi connectivity index (χ1) is 18.7. The molecule has 1 atom stereocenters. The normalized spacial score (nSPS) is 16.1. The van der Waals surface area contributed by atoms with Crippen molar-refractivity contribution >= 4 is 8.60 Å². The summed E-state index contributed by atoms with van der Waals surface area (Å²) in [6.07, 6.45) is 10.4. The molecule has 41 heavy (non-hydrogen) atoms. The lowest BCUT2D eigenvalue weighted by Gasteiger charge is -2.35. The Balaban J connectivity index is 2.48. The van der Waals surface area contributed by atoms with Crippen LogP contribution in [0.25, 0.3) is 0 Å². The number of benzene rings is 1. The van der Waals surface area contributed by atoms with E-state index >= 15 is 0 Å². The maximum atomic E-state index is 6.77. The van der Waals surface area contributed by atoms with E-state index in [4.69, 9.17) is 13.6 Å². The summed E-state index contributed by atoms with van der Waals surface area (Å²) in [5, 5.41) is 0. The van der Waals surface area contributed by atoms with E-state index in [1.807, 2.05) is 0 Å². The molecule has 0 aliphatic heterocycles. The minimum absolute atomic E-state index is 0.0530. The van der Waals surface area contributed by atoms with Crippen LogP contribution in [-0.4, -0.2) is 6.61 Å². The van der Waals surface area contributed by atoms with Crippen molar-refractivity contribution in [2.24, 2.45) is 10.8 Å². The summed E-state index contributed by atoms with van der Waals surface area (Å²) in [4.78, 5) is 0. The summed E-state index contributed by atoms with van der Waals surface area (Å²) in [7, 11) is -1.68. The molecular formula is C37H61O3P. The summed E-state index contributed by atoms with van der Waals surface area (Å²) in [5.41, 5.74) is 5.93. The number of rotatable bonds is 12. The van der Waals surface area contributed by atoms with Crippen molar-refractivity contribution in [1.29, 1.82) is 0 Å². The van der Waals surface area contributed by atoms with Crippen molar-refractivity contribution < 1.29 is 13.6 Å². The van der Waals surface area contributed by atoms with Crippen molar-refractivity contribution in [3.63, 3.8) is 0 Å². The highest BCUT2D eigenvalue weighted by Gasteiger charge is 2.34. The summed E-state index contributed by atoms with van der Waals surface area (Å²) in [5.74, 6) is 1.67. The molecule has 0 radical (unpaired) electrons. The van der Waals surface area contributed by atoms with Crippen molar-refractivity contribution in [2.75, 3.05) is 6.61 Å². The lowest BCUT2D eigenvalue weighted by atomic mass is 9.73. The molecule has 0 fully saturated rings. The van der Waals surface area contributed by atoms with Crippen molar-refractivity contribution in [2.45, 2.75) is 146 Å².